The Labute approximate surface area is 126 Å². The summed E-state index contributed by atoms with van der Waals surface area (Å²) in [5.41, 5.74) is 2.50. The van der Waals surface area contributed by atoms with E-state index in [1.165, 1.54) is 16.0 Å². The topological polar surface area (TPSA) is 38.3 Å². The molecule has 1 saturated heterocycles. The maximum atomic E-state index is 12.0. The van der Waals surface area contributed by atoms with Crippen molar-refractivity contribution in [2.45, 2.75) is 19.4 Å². The van der Waals surface area contributed by atoms with Crippen LogP contribution in [-0.4, -0.2) is 19.1 Å². The number of thiophene rings is 2. The van der Waals surface area contributed by atoms with E-state index in [9.17, 15) is 4.79 Å². The number of hydrogen-bond acceptors (Lipinski definition) is 4. The van der Waals surface area contributed by atoms with Gasteiger partial charge in [-0.1, -0.05) is 0 Å². The normalized spacial score (nSPS) is 16.2. The Morgan fingerprint density at radius 1 is 1.30 bits per heavy atom. The lowest BCUT2D eigenvalue weighted by atomic mass is 9.99. The third-order valence-electron chi connectivity index (χ3n) is 3.54. The lowest BCUT2D eigenvalue weighted by molar-refractivity contribution is -0.128. The molecule has 0 aliphatic carbocycles. The highest BCUT2D eigenvalue weighted by atomic mass is 32.1. The monoisotopic (exact) mass is 307 g/mol. The lowest BCUT2D eigenvalue weighted by Crippen LogP contribution is -2.33. The SMILES string of the molecule is O=C(NCc1cc(-c2ccsc2)cs1)C1CCOCC1. The second-order valence-electron chi connectivity index (χ2n) is 4.92. The summed E-state index contributed by atoms with van der Waals surface area (Å²) < 4.78 is 5.28. The number of rotatable bonds is 4. The molecule has 1 aliphatic rings. The summed E-state index contributed by atoms with van der Waals surface area (Å²) >= 11 is 3.41. The fourth-order valence-corrected chi connectivity index (χ4v) is 3.83. The molecule has 1 fully saturated rings. The predicted octanol–water partition coefficient (Wildman–Crippen LogP) is 3.52. The molecule has 0 atom stereocenters. The van der Waals surface area contributed by atoms with Gasteiger partial charge in [0.25, 0.3) is 0 Å². The molecule has 3 nitrogen and oxygen atoms in total. The summed E-state index contributed by atoms with van der Waals surface area (Å²) in [6.45, 7) is 2.05. The van der Waals surface area contributed by atoms with E-state index in [-0.39, 0.29) is 11.8 Å². The minimum Gasteiger partial charge on any atom is -0.381 e. The Bertz CT molecular complexity index is 556. The maximum Gasteiger partial charge on any atom is 0.223 e. The van der Waals surface area contributed by atoms with Crippen molar-refractivity contribution in [1.29, 1.82) is 0 Å². The zero-order valence-corrected chi connectivity index (χ0v) is 12.8. The second-order valence-corrected chi connectivity index (χ2v) is 6.69. The van der Waals surface area contributed by atoms with Crippen LogP contribution in [0, 0.1) is 5.92 Å². The molecule has 0 unspecified atom stereocenters. The van der Waals surface area contributed by atoms with Crippen molar-refractivity contribution in [2.24, 2.45) is 5.92 Å². The second kappa shape index (κ2) is 6.52. The van der Waals surface area contributed by atoms with Crippen molar-refractivity contribution < 1.29 is 9.53 Å². The smallest absolute Gasteiger partial charge is 0.223 e. The van der Waals surface area contributed by atoms with Gasteiger partial charge >= 0.3 is 0 Å². The highest BCUT2D eigenvalue weighted by Gasteiger charge is 2.21. The molecular formula is C15H17NO2S2. The molecule has 106 valence electrons. The zero-order chi connectivity index (χ0) is 13.8. The summed E-state index contributed by atoms with van der Waals surface area (Å²) in [5.74, 6) is 0.291. The van der Waals surface area contributed by atoms with Crippen LogP contribution in [0.2, 0.25) is 0 Å². The van der Waals surface area contributed by atoms with Crippen LogP contribution >= 0.6 is 22.7 Å². The van der Waals surface area contributed by atoms with E-state index < -0.39 is 0 Å². The van der Waals surface area contributed by atoms with Crippen molar-refractivity contribution in [2.75, 3.05) is 13.2 Å². The number of hydrogen-bond donors (Lipinski definition) is 1. The molecule has 3 rings (SSSR count). The minimum atomic E-state index is 0.125. The van der Waals surface area contributed by atoms with E-state index in [4.69, 9.17) is 4.74 Å². The number of carbonyl (C=O) groups excluding carboxylic acids is 1. The maximum absolute atomic E-state index is 12.0. The molecule has 1 aliphatic heterocycles. The van der Waals surface area contributed by atoms with Crippen LogP contribution in [0.5, 0.6) is 0 Å². The van der Waals surface area contributed by atoms with Gasteiger partial charge < -0.3 is 10.1 Å². The molecule has 2 aromatic heterocycles. The van der Waals surface area contributed by atoms with Crippen LogP contribution in [0.15, 0.2) is 28.3 Å². The van der Waals surface area contributed by atoms with Crippen LogP contribution in [-0.2, 0) is 16.1 Å². The number of amides is 1. The predicted molar refractivity (Wildman–Crippen MR) is 83.0 cm³/mol. The van der Waals surface area contributed by atoms with Gasteiger partial charge in [-0.25, -0.2) is 0 Å². The summed E-state index contributed by atoms with van der Waals surface area (Å²) in [7, 11) is 0. The molecule has 1 N–H and O–H groups in total. The number of ether oxygens (including phenoxy) is 1. The van der Waals surface area contributed by atoms with Gasteiger partial charge in [-0.05, 0) is 52.2 Å². The van der Waals surface area contributed by atoms with E-state index in [0.29, 0.717) is 19.8 Å². The summed E-state index contributed by atoms with van der Waals surface area (Å²) in [6.07, 6.45) is 1.69. The number of nitrogens with one attached hydrogen (secondary N) is 1. The van der Waals surface area contributed by atoms with Crippen LogP contribution in [0.25, 0.3) is 11.1 Å². The largest absolute Gasteiger partial charge is 0.381 e. The fourth-order valence-electron chi connectivity index (χ4n) is 2.33. The Balaban J connectivity index is 1.54. The van der Waals surface area contributed by atoms with Crippen LogP contribution in [0.3, 0.4) is 0 Å². The van der Waals surface area contributed by atoms with Gasteiger partial charge in [-0.15, -0.1) is 11.3 Å². The first-order chi connectivity index (χ1) is 9.83. The summed E-state index contributed by atoms with van der Waals surface area (Å²) in [4.78, 5) is 13.2. The van der Waals surface area contributed by atoms with Crippen LogP contribution < -0.4 is 5.32 Å². The third kappa shape index (κ3) is 3.29. The zero-order valence-electron chi connectivity index (χ0n) is 11.1. The molecule has 0 spiro atoms. The Morgan fingerprint density at radius 2 is 2.15 bits per heavy atom. The first kappa shape index (κ1) is 13.8. The molecule has 0 saturated carbocycles. The third-order valence-corrected chi connectivity index (χ3v) is 5.16. The summed E-state index contributed by atoms with van der Waals surface area (Å²) in [6, 6.07) is 4.29. The van der Waals surface area contributed by atoms with E-state index >= 15 is 0 Å². The quantitative estimate of drug-likeness (QED) is 0.938. The van der Waals surface area contributed by atoms with Crippen LogP contribution in [0.1, 0.15) is 17.7 Å². The Hall–Kier alpha value is -1.17. The summed E-state index contributed by atoms with van der Waals surface area (Å²) in [5, 5.41) is 9.42. The van der Waals surface area contributed by atoms with Crippen molar-refractivity contribution in [3.63, 3.8) is 0 Å². The fraction of sp³-hybridized carbons (Fsp3) is 0.400. The Kier molecular flexibility index (Phi) is 4.50. The molecule has 1 amide bonds. The molecule has 3 heterocycles. The average molecular weight is 307 g/mol. The van der Waals surface area contributed by atoms with Crippen molar-refractivity contribution in [1.82, 2.24) is 5.32 Å². The standard InChI is InChI=1S/C15H17NO2S2/c17-15(11-1-4-18-5-2-11)16-8-14-7-13(10-20-14)12-3-6-19-9-12/h3,6-7,9-11H,1-2,4-5,8H2,(H,16,17). The van der Waals surface area contributed by atoms with Gasteiger partial charge in [0.15, 0.2) is 0 Å². The van der Waals surface area contributed by atoms with Crippen molar-refractivity contribution >= 4 is 28.6 Å². The van der Waals surface area contributed by atoms with Gasteiger partial charge in [0, 0.05) is 24.0 Å². The highest BCUT2D eigenvalue weighted by Crippen LogP contribution is 2.27. The molecule has 0 radical (unpaired) electrons. The molecule has 2 aromatic rings. The first-order valence-electron chi connectivity index (χ1n) is 6.78. The average Bonchev–Trinajstić information content (AvgIpc) is 3.16. The molecule has 20 heavy (non-hydrogen) atoms. The van der Waals surface area contributed by atoms with E-state index in [1.807, 2.05) is 0 Å². The first-order valence-corrected chi connectivity index (χ1v) is 8.60. The van der Waals surface area contributed by atoms with Gasteiger partial charge in [-0.3, -0.25) is 4.79 Å². The van der Waals surface area contributed by atoms with Gasteiger partial charge in [0.05, 0.1) is 6.54 Å². The van der Waals surface area contributed by atoms with Crippen molar-refractivity contribution in [3.05, 3.63) is 33.2 Å². The van der Waals surface area contributed by atoms with Gasteiger partial charge in [0.1, 0.15) is 0 Å². The molecular weight excluding hydrogens is 290 g/mol. The molecule has 0 aromatic carbocycles. The van der Waals surface area contributed by atoms with E-state index in [0.717, 1.165) is 12.8 Å². The van der Waals surface area contributed by atoms with E-state index in [1.54, 1.807) is 22.7 Å². The van der Waals surface area contributed by atoms with Gasteiger partial charge in [0.2, 0.25) is 5.91 Å². The minimum absolute atomic E-state index is 0.125. The van der Waals surface area contributed by atoms with Crippen molar-refractivity contribution in [3.8, 4) is 11.1 Å². The Morgan fingerprint density at radius 3 is 2.90 bits per heavy atom. The van der Waals surface area contributed by atoms with Crippen LogP contribution in [0.4, 0.5) is 0 Å². The number of carbonyl (C=O) groups is 1. The highest BCUT2D eigenvalue weighted by molar-refractivity contribution is 7.10. The molecule has 5 heteroatoms. The van der Waals surface area contributed by atoms with Gasteiger partial charge in [-0.2, -0.15) is 11.3 Å². The lowest BCUT2D eigenvalue weighted by Gasteiger charge is -2.20. The molecule has 0 bridgehead atoms. The van der Waals surface area contributed by atoms with E-state index in [2.05, 4.69) is 33.6 Å².